The van der Waals surface area contributed by atoms with E-state index < -0.39 is 22.2 Å². The minimum Gasteiger partial charge on any atom is -0.367 e. The Bertz CT molecular complexity index is 665. The van der Waals surface area contributed by atoms with Crippen molar-refractivity contribution >= 4 is 23.0 Å². The molecular formula is C11H9F2N5O2. The molecular weight excluding hydrogens is 272 g/mol. The van der Waals surface area contributed by atoms with Crippen LogP contribution < -0.4 is 10.6 Å². The molecule has 0 bridgehead atoms. The molecule has 104 valence electrons. The Balaban J connectivity index is 2.48. The first-order valence-corrected chi connectivity index (χ1v) is 5.42. The molecule has 20 heavy (non-hydrogen) atoms. The van der Waals surface area contributed by atoms with Crippen molar-refractivity contribution in [2.24, 2.45) is 0 Å². The molecule has 0 spiro atoms. The van der Waals surface area contributed by atoms with Gasteiger partial charge in [0.15, 0.2) is 0 Å². The van der Waals surface area contributed by atoms with Crippen LogP contribution in [0.1, 0.15) is 0 Å². The predicted octanol–water partition coefficient (Wildman–Crippen LogP) is 2.45. The van der Waals surface area contributed by atoms with Crippen molar-refractivity contribution in [3.05, 3.63) is 46.3 Å². The van der Waals surface area contributed by atoms with E-state index in [1.165, 1.54) is 7.05 Å². The molecule has 2 rings (SSSR count). The second kappa shape index (κ2) is 5.43. The van der Waals surface area contributed by atoms with Crippen LogP contribution in [0.15, 0.2) is 24.5 Å². The average molecular weight is 281 g/mol. The molecule has 0 saturated heterocycles. The van der Waals surface area contributed by atoms with Gasteiger partial charge in [0.05, 0.1) is 10.6 Å². The maximum absolute atomic E-state index is 13.5. The van der Waals surface area contributed by atoms with Crippen LogP contribution in [-0.4, -0.2) is 21.9 Å². The van der Waals surface area contributed by atoms with Gasteiger partial charge in [-0.2, -0.15) is 0 Å². The largest absolute Gasteiger partial charge is 0.367 e. The summed E-state index contributed by atoms with van der Waals surface area (Å²) >= 11 is 0. The molecule has 0 atom stereocenters. The third-order valence-electron chi connectivity index (χ3n) is 2.42. The van der Waals surface area contributed by atoms with Crippen LogP contribution in [0, 0.1) is 21.7 Å². The zero-order valence-corrected chi connectivity index (χ0v) is 10.2. The summed E-state index contributed by atoms with van der Waals surface area (Å²) in [5.41, 5.74) is -0.715. The molecule has 0 saturated carbocycles. The molecule has 0 aliphatic heterocycles. The quantitative estimate of drug-likeness (QED) is 0.660. The summed E-state index contributed by atoms with van der Waals surface area (Å²) in [6, 6.07) is 2.72. The zero-order valence-electron chi connectivity index (χ0n) is 10.2. The average Bonchev–Trinajstić information content (AvgIpc) is 2.42. The van der Waals surface area contributed by atoms with E-state index >= 15 is 0 Å². The monoisotopic (exact) mass is 281 g/mol. The molecule has 1 heterocycles. The first-order valence-electron chi connectivity index (χ1n) is 5.42. The third kappa shape index (κ3) is 2.60. The number of hydrogen-bond acceptors (Lipinski definition) is 6. The number of rotatable bonds is 4. The van der Waals surface area contributed by atoms with E-state index in [4.69, 9.17) is 0 Å². The van der Waals surface area contributed by atoms with Gasteiger partial charge in [0.2, 0.25) is 11.6 Å². The number of nitrogens with zero attached hydrogens (tertiary/aromatic N) is 3. The van der Waals surface area contributed by atoms with Gasteiger partial charge in [-0.05, 0) is 12.1 Å². The summed E-state index contributed by atoms with van der Waals surface area (Å²) in [7, 11) is 1.45. The highest BCUT2D eigenvalue weighted by Gasteiger charge is 2.23. The lowest BCUT2D eigenvalue weighted by atomic mass is 10.3. The fraction of sp³-hybridized carbons (Fsp3) is 0.0909. The Morgan fingerprint density at radius 1 is 1.25 bits per heavy atom. The minimum atomic E-state index is -0.759. The summed E-state index contributed by atoms with van der Waals surface area (Å²) < 4.78 is 26.6. The lowest BCUT2D eigenvalue weighted by Gasteiger charge is -2.09. The Kier molecular flexibility index (Phi) is 3.69. The van der Waals surface area contributed by atoms with Crippen molar-refractivity contribution in [3.63, 3.8) is 0 Å². The van der Waals surface area contributed by atoms with E-state index in [0.717, 1.165) is 24.5 Å². The third-order valence-corrected chi connectivity index (χ3v) is 2.42. The van der Waals surface area contributed by atoms with E-state index in [9.17, 15) is 18.9 Å². The molecule has 0 radical (unpaired) electrons. The lowest BCUT2D eigenvalue weighted by Crippen LogP contribution is -2.06. The van der Waals surface area contributed by atoms with E-state index in [1.807, 2.05) is 0 Å². The molecule has 1 aromatic carbocycles. The van der Waals surface area contributed by atoms with E-state index in [-0.39, 0.29) is 17.3 Å². The lowest BCUT2D eigenvalue weighted by molar-refractivity contribution is -0.383. The standard InChI is InChI=1S/C11H9F2N5O2/c1-14-10-9(18(19)20)11(16-5-15-10)17-8-4-6(12)2-3-7(8)13/h2-5H,1H3,(H2,14,15,16,17). The SMILES string of the molecule is CNc1ncnc(Nc2cc(F)ccc2F)c1[N+](=O)[O-]. The van der Waals surface area contributed by atoms with Crippen molar-refractivity contribution in [3.8, 4) is 0 Å². The van der Waals surface area contributed by atoms with Crippen LogP contribution in [0.2, 0.25) is 0 Å². The maximum Gasteiger partial charge on any atom is 0.353 e. The molecule has 0 aliphatic carbocycles. The number of aromatic nitrogens is 2. The normalized spacial score (nSPS) is 10.2. The van der Waals surface area contributed by atoms with Crippen molar-refractivity contribution in [2.45, 2.75) is 0 Å². The minimum absolute atomic E-state index is 0.0377. The first kappa shape index (κ1) is 13.6. The maximum atomic E-state index is 13.5. The number of nitrogens with one attached hydrogen (secondary N) is 2. The summed E-state index contributed by atoms with van der Waals surface area (Å²) in [6.07, 6.45) is 1.07. The summed E-state index contributed by atoms with van der Waals surface area (Å²) in [6.45, 7) is 0. The van der Waals surface area contributed by atoms with Crippen LogP contribution in [0.3, 0.4) is 0 Å². The van der Waals surface area contributed by atoms with E-state index in [0.29, 0.717) is 0 Å². The Hall–Kier alpha value is -2.84. The van der Waals surface area contributed by atoms with Gasteiger partial charge in [0, 0.05) is 13.1 Å². The highest BCUT2D eigenvalue weighted by Crippen LogP contribution is 2.31. The van der Waals surface area contributed by atoms with Crippen molar-refractivity contribution in [2.75, 3.05) is 17.7 Å². The Labute approximate surface area is 111 Å². The molecule has 9 heteroatoms. The van der Waals surface area contributed by atoms with Gasteiger partial charge in [-0.1, -0.05) is 0 Å². The van der Waals surface area contributed by atoms with E-state index in [2.05, 4.69) is 20.6 Å². The molecule has 7 nitrogen and oxygen atoms in total. The van der Waals surface area contributed by atoms with Gasteiger partial charge in [0.1, 0.15) is 18.0 Å². The van der Waals surface area contributed by atoms with Crippen LogP contribution in [0.5, 0.6) is 0 Å². The molecule has 0 aliphatic rings. The zero-order chi connectivity index (χ0) is 14.7. The predicted molar refractivity (Wildman–Crippen MR) is 67.9 cm³/mol. The number of halogens is 2. The summed E-state index contributed by atoms with van der Waals surface area (Å²) in [4.78, 5) is 17.7. The summed E-state index contributed by atoms with van der Waals surface area (Å²) in [5.74, 6) is -1.71. The Morgan fingerprint density at radius 2 is 1.95 bits per heavy atom. The topological polar surface area (TPSA) is 93.0 Å². The van der Waals surface area contributed by atoms with Crippen molar-refractivity contribution in [1.82, 2.24) is 9.97 Å². The number of benzene rings is 1. The van der Waals surface area contributed by atoms with Gasteiger partial charge >= 0.3 is 5.69 Å². The van der Waals surface area contributed by atoms with Crippen LogP contribution in [-0.2, 0) is 0 Å². The van der Waals surface area contributed by atoms with Crippen LogP contribution in [0.25, 0.3) is 0 Å². The second-order valence-electron chi connectivity index (χ2n) is 3.68. The van der Waals surface area contributed by atoms with Gasteiger partial charge < -0.3 is 10.6 Å². The van der Waals surface area contributed by atoms with Gasteiger partial charge in [-0.15, -0.1) is 0 Å². The summed E-state index contributed by atoms with van der Waals surface area (Å²) in [5, 5.41) is 15.9. The molecule has 0 unspecified atom stereocenters. The van der Waals surface area contributed by atoms with Gasteiger partial charge in [-0.3, -0.25) is 10.1 Å². The number of nitro groups is 1. The smallest absolute Gasteiger partial charge is 0.353 e. The molecule has 1 aromatic heterocycles. The molecule has 0 amide bonds. The van der Waals surface area contributed by atoms with Gasteiger partial charge in [-0.25, -0.2) is 18.7 Å². The molecule has 0 fully saturated rings. The van der Waals surface area contributed by atoms with Crippen molar-refractivity contribution in [1.29, 1.82) is 0 Å². The van der Waals surface area contributed by atoms with Crippen LogP contribution >= 0.6 is 0 Å². The highest BCUT2D eigenvalue weighted by atomic mass is 19.1. The fourth-order valence-corrected chi connectivity index (χ4v) is 1.55. The Morgan fingerprint density at radius 3 is 2.60 bits per heavy atom. The number of hydrogen-bond donors (Lipinski definition) is 2. The first-order chi connectivity index (χ1) is 9.52. The second-order valence-corrected chi connectivity index (χ2v) is 3.68. The van der Waals surface area contributed by atoms with Gasteiger partial charge in [0.25, 0.3) is 0 Å². The van der Waals surface area contributed by atoms with Crippen LogP contribution in [0.4, 0.5) is 31.8 Å². The van der Waals surface area contributed by atoms with Crippen molar-refractivity contribution < 1.29 is 13.7 Å². The molecule has 2 aromatic rings. The highest BCUT2D eigenvalue weighted by molar-refractivity contribution is 5.73. The van der Waals surface area contributed by atoms with E-state index in [1.54, 1.807) is 0 Å². The fourth-order valence-electron chi connectivity index (χ4n) is 1.55. The number of anilines is 3. The molecule has 2 N–H and O–H groups in total.